The number of halogens is 1. The van der Waals surface area contributed by atoms with Crippen molar-refractivity contribution in [3.05, 3.63) is 0 Å². The van der Waals surface area contributed by atoms with Gasteiger partial charge in [-0.25, -0.2) is 9.69 Å². The zero-order valence-corrected chi connectivity index (χ0v) is 9.38. The van der Waals surface area contributed by atoms with Crippen LogP contribution in [-0.2, 0) is 9.53 Å². The minimum absolute atomic E-state index is 0. The van der Waals surface area contributed by atoms with Gasteiger partial charge in [0.2, 0.25) is 0 Å². The van der Waals surface area contributed by atoms with E-state index in [0.717, 1.165) is 25.9 Å². The Labute approximate surface area is 94.5 Å². The number of cyclic esters (lactones) is 1. The average molecular weight is 235 g/mol. The first-order valence-corrected chi connectivity index (χ1v) is 4.94. The second-order valence-corrected chi connectivity index (χ2v) is 3.72. The second kappa shape index (κ2) is 4.81. The lowest BCUT2D eigenvalue weighted by Gasteiger charge is -2.28. The molecule has 0 radical (unpaired) electrons. The normalized spacial score (nSPS) is 27.5. The number of rotatable bonds is 1. The number of carbonyl (C=O) groups is 2. The van der Waals surface area contributed by atoms with Gasteiger partial charge in [0, 0.05) is 6.04 Å². The number of hydrogen-bond donors (Lipinski definition) is 1. The molecule has 0 spiro atoms. The van der Waals surface area contributed by atoms with Gasteiger partial charge in [0.1, 0.15) is 0 Å². The van der Waals surface area contributed by atoms with Crippen LogP contribution < -0.4 is 5.32 Å². The Morgan fingerprint density at radius 2 is 1.93 bits per heavy atom. The molecule has 1 N–H and O–H groups in total. The number of hydrogen-bond acceptors (Lipinski definition) is 4. The molecular formula is C9H15ClN2O3. The molecular weight excluding hydrogens is 220 g/mol. The molecule has 0 aromatic rings. The molecule has 15 heavy (non-hydrogen) atoms. The molecule has 2 amide bonds. The Morgan fingerprint density at radius 1 is 1.33 bits per heavy atom. The van der Waals surface area contributed by atoms with E-state index in [2.05, 4.69) is 5.32 Å². The number of carbonyl (C=O) groups excluding carboxylic acids is 2. The van der Waals surface area contributed by atoms with Crippen molar-refractivity contribution in [3.63, 3.8) is 0 Å². The summed E-state index contributed by atoms with van der Waals surface area (Å²) in [5.41, 5.74) is 0. The molecule has 0 unspecified atom stereocenters. The Balaban J connectivity index is 0.00000112. The largest absolute Gasteiger partial charge is 0.436 e. The molecule has 2 fully saturated rings. The molecule has 0 bridgehead atoms. The van der Waals surface area contributed by atoms with E-state index in [1.54, 1.807) is 6.92 Å². The minimum Gasteiger partial charge on any atom is -0.436 e. The van der Waals surface area contributed by atoms with Crippen molar-refractivity contribution in [1.29, 1.82) is 0 Å². The summed E-state index contributed by atoms with van der Waals surface area (Å²) in [7, 11) is 0. The van der Waals surface area contributed by atoms with Crippen molar-refractivity contribution in [2.75, 3.05) is 13.1 Å². The van der Waals surface area contributed by atoms with E-state index in [0.29, 0.717) is 0 Å². The van der Waals surface area contributed by atoms with Crippen LogP contribution in [0.3, 0.4) is 0 Å². The molecule has 0 aromatic carbocycles. The lowest BCUT2D eigenvalue weighted by Crippen LogP contribution is -2.46. The van der Waals surface area contributed by atoms with E-state index in [9.17, 15) is 9.59 Å². The van der Waals surface area contributed by atoms with Crippen LogP contribution in [-0.4, -0.2) is 42.1 Å². The molecule has 86 valence electrons. The number of imide groups is 1. The molecule has 2 rings (SSSR count). The minimum atomic E-state index is -0.600. The summed E-state index contributed by atoms with van der Waals surface area (Å²) in [6.07, 6.45) is 0.577. The van der Waals surface area contributed by atoms with Gasteiger partial charge < -0.3 is 10.1 Å². The highest BCUT2D eigenvalue weighted by Crippen LogP contribution is 2.20. The molecule has 2 aliphatic rings. The fourth-order valence-electron chi connectivity index (χ4n) is 1.94. The van der Waals surface area contributed by atoms with Gasteiger partial charge in [-0.05, 0) is 32.9 Å². The Bertz CT molecular complexity index is 266. The van der Waals surface area contributed by atoms with Crippen LogP contribution in [0.5, 0.6) is 0 Å². The maximum atomic E-state index is 11.6. The van der Waals surface area contributed by atoms with Crippen LogP contribution in [0.15, 0.2) is 0 Å². The lowest BCUT2D eigenvalue weighted by atomic mass is 10.1. The third-order valence-electron chi connectivity index (χ3n) is 2.73. The maximum absolute atomic E-state index is 11.6. The van der Waals surface area contributed by atoms with E-state index in [-0.39, 0.29) is 24.4 Å². The molecule has 2 aliphatic heterocycles. The molecule has 2 heterocycles. The van der Waals surface area contributed by atoms with Gasteiger partial charge in [-0.1, -0.05) is 0 Å². The van der Waals surface area contributed by atoms with Crippen LogP contribution in [0.2, 0.25) is 0 Å². The van der Waals surface area contributed by atoms with Crippen molar-refractivity contribution in [1.82, 2.24) is 10.2 Å². The summed E-state index contributed by atoms with van der Waals surface area (Å²) >= 11 is 0. The monoisotopic (exact) mass is 234 g/mol. The Kier molecular flexibility index (Phi) is 3.93. The first-order chi connectivity index (χ1) is 6.70. The van der Waals surface area contributed by atoms with E-state index in [4.69, 9.17) is 4.74 Å². The summed E-state index contributed by atoms with van der Waals surface area (Å²) < 4.78 is 4.86. The number of nitrogens with one attached hydrogen (secondary N) is 1. The van der Waals surface area contributed by atoms with Gasteiger partial charge in [-0.15, -0.1) is 12.4 Å². The summed E-state index contributed by atoms with van der Waals surface area (Å²) in [5, 5.41) is 3.19. The Hall–Kier alpha value is -0.810. The van der Waals surface area contributed by atoms with Crippen molar-refractivity contribution < 1.29 is 14.3 Å². The van der Waals surface area contributed by atoms with Gasteiger partial charge in [0.25, 0.3) is 5.91 Å². The molecule has 5 nitrogen and oxygen atoms in total. The van der Waals surface area contributed by atoms with Gasteiger partial charge in [-0.2, -0.15) is 0 Å². The molecule has 1 atom stereocenters. The van der Waals surface area contributed by atoms with Gasteiger partial charge in [0.15, 0.2) is 6.10 Å². The standard InChI is InChI=1S/C9H14N2O3.ClH/c1-6-8(12)11(9(13)14-6)7-2-4-10-5-3-7;/h6-7,10H,2-5H2,1H3;1H/t6-;/m1./s1. The topological polar surface area (TPSA) is 58.6 Å². The summed E-state index contributed by atoms with van der Waals surface area (Å²) in [6, 6.07) is 0.0289. The average Bonchev–Trinajstić information content (AvgIpc) is 2.43. The quantitative estimate of drug-likeness (QED) is 0.719. The van der Waals surface area contributed by atoms with Crippen LogP contribution >= 0.6 is 12.4 Å². The van der Waals surface area contributed by atoms with Crippen LogP contribution in [0.25, 0.3) is 0 Å². The first kappa shape index (κ1) is 12.3. The predicted molar refractivity (Wildman–Crippen MR) is 55.9 cm³/mol. The number of piperidine rings is 1. The molecule has 0 aliphatic carbocycles. The van der Waals surface area contributed by atoms with E-state index in [1.165, 1.54) is 4.90 Å². The smallest absolute Gasteiger partial charge is 0.417 e. The zero-order valence-electron chi connectivity index (χ0n) is 8.56. The second-order valence-electron chi connectivity index (χ2n) is 3.72. The van der Waals surface area contributed by atoms with E-state index >= 15 is 0 Å². The summed E-state index contributed by atoms with van der Waals surface area (Å²) in [4.78, 5) is 24.2. The third kappa shape index (κ3) is 2.23. The summed E-state index contributed by atoms with van der Waals surface area (Å²) in [5.74, 6) is -0.193. The van der Waals surface area contributed by atoms with Crippen molar-refractivity contribution in [2.24, 2.45) is 0 Å². The first-order valence-electron chi connectivity index (χ1n) is 4.94. The highest BCUT2D eigenvalue weighted by atomic mass is 35.5. The number of ether oxygens (including phenoxy) is 1. The van der Waals surface area contributed by atoms with Gasteiger partial charge in [-0.3, -0.25) is 4.79 Å². The molecule has 6 heteroatoms. The highest BCUT2D eigenvalue weighted by Gasteiger charge is 2.42. The van der Waals surface area contributed by atoms with Crippen LogP contribution in [0, 0.1) is 0 Å². The van der Waals surface area contributed by atoms with Crippen LogP contribution in [0.1, 0.15) is 19.8 Å². The van der Waals surface area contributed by atoms with Gasteiger partial charge in [0.05, 0.1) is 0 Å². The maximum Gasteiger partial charge on any atom is 0.417 e. The van der Waals surface area contributed by atoms with E-state index < -0.39 is 12.2 Å². The van der Waals surface area contributed by atoms with Crippen LogP contribution in [0.4, 0.5) is 4.79 Å². The number of nitrogens with zero attached hydrogens (tertiary/aromatic N) is 1. The summed E-state index contributed by atoms with van der Waals surface area (Å²) in [6.45, 7) is 3.33. The third-order valence-corrected chi connectivity index (χ3v) is 2.73. The van der Waals surface area contributed by atoms with Crippen molar-refractivity contribution in [3.8, 4) is 0 Å². The predicted octanol–water partition coefficient (Wildman–Crippen LogP) is 0.527. The fraction of sp³-hybridized carbons (Fsp3) is 0.778. The van der Waals surface area contributed by atoms with Crippen molar-refractivity contribution in [2.45, 2.75) is 31.9 Å². The SMILES string of the molecule is C[C@H]1OC(=O)N(C2CCNCC2)C1=O.Cl. The zero-order chi connectivity index (χ0) is 10.1. The van der Waals surface area contributed by atoms with E-state index in [1.807, 2.05) is 0 Å². The van der Waals surface area contributed by atoms with Crippen molar-refractivity contribution >= 4 is 24.4 Å². The van der Waals surface area contributed by atoms with Gasteiger partial charge >= 0.3 is 6.09 Å². The fourth-order valence-corrected chi connectivity index (χ4v) is 1.94. The molecule has 2 saturated heterocycles. The molecule has 0 saturated carbocycles. The Morgan fingerprint density at radius 3 is 2.40 bits per heavy atom. The number of amides is 2. The molecule has 0 aromatic heterocycles. The lowest BCUT2D eigenvalue weighted by molar-refractivity contribution is -0.130. The highest BCUT2D eigenvalue weighted by molar-refractivity contribution is 6.00.